The molecule has 0 bridgehead atoms. The minimum Gasteiger partial charge on any atom is -0.454 e. The van der Waals surface area contributed by atoms with Crippen molar-refractivity contribution in [3.63, 3.8) is 0 Å². The lowest BCUT2D eigenvalue weighted by molar-refractivity contribution is -0.139. The summed E-state index contributed by atoms with van der Waals surface area (Å²) in [6, 6.07) is 3.58. The van der Waals surface area contributed by atoms with E-state index in [1.807, 2.05) is 0 Å². The predicted octanol–water partition coefficient (Wildman–Crippen LogP) is 2.51. The van der Waals surface area contributed by atoms with Gasteiger partial charge < -0.3 is 9.47 Å². The number of imide groups is 1. The smallest absolute Gasteiger partial charge is 0.253 e. The number of fused-ring (bicyclic) bond motifs is 1. The van der Waals surface area contributed by atoms with Gasteiger partial charge in [0.15, 0.2) is 11.5 Å². The first-order valence-electron chi connectivity index (χ1n) is 6.44. The molecule has 2 aliphatic rings. The van der Waals surface area contributed by atoms with E-state index in [4.69, 9.17) is 9.47 Å². The van der Waals surface area contributed by atoms with Crippen molar-refractivity contribution in [2.45, 2.75) is 6.42 Å². The fourth-order valence-corrected chi connectivity index (χ4v) is 2.57. The molecule has 0 atom stereocenters. The Labute approximate surface area is 130 Å². The van der Waals surface area contributed by atoms with E-state index in [0.717, 1.165) is 10.0 Å². The number of amides is 2. The average molecular weight is 350 g/mol. The molecule has 3 rings (SSSR count). The van der Waals surface area contributed by atoms with E-state index >= 15 is 0 Å². The van der Waals surface area contributed by atoms with Crippen LogP contribution in [0.3, 0.4) is 0 Å². The number of hydrogen-bond acceptors (Lipinski definition) is 4. The standard InChI is InChI=1S/C15H12BrNO4/c16-11-8-13-12(20-9-21-13)7-10(11)4-5-15(19)17-6-2-1-3-14(17)18/h1,3-5,7-8H,2,6,9H2/b5-4+. The van der Waals surface area contributed by atoms with Gasteiger partial charge in [0.25, 0.3) is 11.8 Å². The molecule has 108 valence electrons. The van der Waals surface area contributed by atoms with Crippen molar-refractivity contribution in [1.82, 2.24) is 4.90 Å². The number of benzene rings is 1. The second-order valence-corrected chi connectivity index (χ2v) is 5.43. The van der Waals surface area contributed by atoms with Gasteiger partial charge in [-0.25, -0.2) is 0 Å². The molecule has 0 saturated carbocycles. The molecule has 0 radical (unpaired) electrons. The summed E-state index contributed by atoms with van der Waals surface area (Å²) in [5.41, 5.74) is 0.785. The third-order valence-electron chi connectivity index (χ3n) is 3.21. The highest BCUT2D eigenvalue weighted by Crippen LogP contribution is 2.37. The predicted molar refractivity (Wildman–Crippen MR) is 79.8 cm³/mol. The van der Waals surface area contributed by atoms with Gasteiger partial charge in [-0.1, -0.05) is 22.0 Å². The lowest BCUT2D eigenvalue weighted by Crippen LogP contribution is -2.37. The first-order valence-corrected chi connectivity index (χ1v) is 7.23. The van der Waals surface area contributed by atoms with Gasteiger partial charge in [0.1, 0.15) is 0 Å². The van der Waals surface area contributed by atoms with E-state index in [9.17, 15) is 9.59 Å². The maximum Gasteiger partial charge on any atom is 0.253 e. The normalized spacial score (nSPS) is 16.8. The third-order valence-corrected chi connectivity index (χ3v) is 3.90. The number of halogens is 1. The number of ether oxygens (including phenoxy) is 2. The van der Waals surface area contributed by atoms with Crippen molar-refractivity contribution in [2.24, 2.45) is 0 Å². The highest BCUT2D eigenvalue weighted by atomic mass is 79.9. The van der Waals surface area contributed by atoms with Crippen molar-refractivity contribution in [3.8, 4) is 11.5 Å². The number of carbonyl (C=O) groups is 2. The molecule has 21 heavy (non-hydrogen) atoms. The topological polar surface area (TPSA) is 55.8 Å². The van der Waals surface area contributed by atoms with Crippen LogP contribution < -0.4 is 9.47 Å². The lowest BCUT2D eigenvalue weighted by Gasteiger charge is -2.19. The molecule has 0 unspecified atom stereocenters. The molecule has 1 aromatic rings. The van der Waals surface area contributed by atoms with Crippen LogP contribution in [0.2, 0.25) is 0 Å². The van der Waals surface area contributed by atoms with Crippen LogP contribution in [-0.2, 0) is 9.59 Å². The molecule has 2 aliphatic heterocycles. The molecule has 2 heterocycles. The van der Waals surface area contributed by atoms with Crippen LogP contribution in [0.1, 0.15) is 12.0 Å². The molecule has 0 aromatic heterocycles. The van der Waals surface area contributed by atoms with E-state index in [1.165, 1.54) is 17.1 Å². The Kier molecular flexibility index (Phi) is 3.79. The molecule has 0 spiro atoms. The van der Waals surface area contributed by atoms with Gasteiger partial charge in [-0.2, -0.15) is 0 Å². The van der Waals surface area contributed by atoms with E-state index in [2.05, 4.69) is 15.9 Å². The van der Waals surface area contributed by atoms with Crippen molar-refractivity contribution < 1.29 is 19.1 Å². The number of rotatable bonds is 2. The van der Waals surface area contributed by atoms with Crippen molar-refractivity contribution in [3.05, 3.63) is 40.4 Å². The van der Waals surface area contributed by atoms with Crippen molar-refractivity contribution in [1.29, 1.82) is 0 Å². The summed E-state index contributed by atoms with van der Waals surface area (Å²) in [5, 5.41) is 0. The van der Waals surface area contributed by atoms with Crippen molar-refractivity contribution >= 4 is 33.8 Å². The van der Waals surface area contributed by atoms with E-state index < -0.39 is 0 Å². The number of carbonyl (C=O) groups excluding carboxylic acids is 2. The van der Waals surface area contributed by atoms with Gasteiger partial charge in [-0.15, -0.1) is 0 Å². The molecular weight excluding hydrogens is 338 g/mol. The highest BCUT2D eigenvalue weighted by molar-refractivity contribution is 9.10. The Balaban J connectivity index is 1.78. The lowest BCUT2D eigenvalue weighted by atomic mass is 10.1. The molecule has 2 amide bonds. The van der Waals surface area contributed by atoms with Crippen LogP contribution in [0.15, 0.2) is 34.8 Å². The number of nitrogens with zero attached hydrogens (tertiary/aromatic N) is 1. The molecule has 0 aliphatic carbocycles. The maximum absolute atomic E-state index is 12.0. The van der Waals surface area contributed by atoms with Crippen LogP contribution in [0.5, 0.6) is 11.5 Å². The molecule has 0 fully saturated rings. The largest absolute Gasteiger partial charge is 0.454 e. The fraction of sp³-hybridized carbons (Fsp3) is 0.200. The van der Waals surface area contributed by atoms with Gasteiger partial charge in [-0.05, 0) is 36.3 Å². The van der Waals surface area contributed by atoms with E-state index in [-0.39, 0.29) is 18.6 Å². The van der Waals surface area contributed by atoms with Gasteiger partial charge >= 0.3 is 0 Å². The fourth-order valence-electron chi connectivity index (χ4n) is 2.12. The summed E-state index contributed by atoms with van der Waals surface area (Å²) in [6.07, 6.45) is 6.92. The second-order valence-electron chi connectivity index (χ2n) is 4.58. The highest BCUT2D eigenvalue weighted by Gasteiger charge is 2.19. The first-order chi connectivity index (χ1) is 10.1. The van der Waals surface area contributed by atoms with Crippen LogP contribution in [0.25, 0.3) is 6.08 Å². The third kappa shape index (κ3) is 2.85. The zero-order chi connectivity index (χ0) is 14.8. The minimum atomic E-state index is -0.325. The van der Waals surface area contributed by atoms with Gasteiger partial charge in [0, 0.05) is 17.1 Å². The summed E-state index contributed by atoms with van der Waals surface area (Å²) in [7, 11) is 0. The van der Waals surface area contributed by atoms with Crippen LogP contribution >= 0.6 is 15.9 Å². The second kappa shape index (κ2) is 5.73. The monoisotopic (exact) mass is 349 g/mol. The van der Waals surface area contributed by atoms with Gasteiger partial charge in [0.05, 0.1) is 0 Å². The molecule has 6 heteroatoms. The molecule has 0 saturated heterocycles. The van der Waals surface area contributed by atoms with E-state index in [0.29, 0.717) is 24.5 Å². The Morgan fingerprint density at radius 2 is 2.05 bits per heavy atom. The quantitative estimate of drug-likeness (QED) is 0.769. The van der Waals surface area contributed by atoms with Crippen molar-refractivity contribution in [2.75, 3.05) is 13.3 Å². The Bertz CT molecular complexity index is 666. The molecule has 0 N–H and O–H groups in total. The zero-order valence-electron chi connectivity index (χ0n) is 11.0. The van der Waals surface area contributed by atoms with Crippen LogP contribution in [-0.4, -0.2) is 30.1 Å². The molecule has 1 aromatic carbocycles. The summed E-state index contributed by atoms with van der Waals surface area (Å²) in [4.78, 5) is 24.9. The summed E-state index contributed by atoms with van der Waals surface area (Å²) in [6.45, 7) is 0.614. The minimum absolute atomic E-state index is 0.197. The Morgan fingerprint density at radius 1 is 1.29 bits per heavy atom. The summed E-state index contributed by atoms with van der Waals surface area (Å²) < 4.78 is 11.4. The van der Waals surface area contributed by atoms with E-state index in [1.54, 1.807) is 24.3 Å². The van der Waals surface area contributed by atoms with Gasteiger partial charge in [-0.3, -0.25) is 14.5 Å². The van der Waals surface area contributed by atoms with Gasteiger partial charge in [0.2, 0.25) is 6.79 Å². The molecule has 5 nitrogen and oxygen atoms in total. The summed E-state index contributed by atoms with van der Waals surface area (Å²) >= 11 is 3.42. The zero-order valence-corrected chi connectivity index (χ0v) is 12.6. The van der Waals surface area contributed by atoms with Crippen LogP contribution in [0, 0.1) is 0 Å². The Morgan fingerprint density at radius 3 is 2.81 bits per heavy atom. The van der Waals surface area contributed by atoms with Crippen LogP contribution in [0.4, 0.5) is 0 Å². The Hall–Kier alpha value is -2.08. The average Bonchev–Trinajstić information content (AvgIpc) is 2.92. The number of hydrogen-bond donors (Lipinski definition) is 0. The summed E-state index contributed by atoms with van der Waals surface area (Å²) in [5.74, 6) is 0.707. The maximum atomic E-state index is 12.0. The SMILES string of the molecule is O=C1C=CCCN1C(=O)/C=C/c1cc2c(cc1Br)OCO2. The first kappa shape index (κ1) is 13.9. The molecular formula is C15H12BrNO4.